The van der Waals surface area contributed by atoms with Crippen LogP contribution in [-0.4, -0.2) is 34.6 Å². The van der Waals surface area contributed by atoms with Crippen molar-refractivity contribution in [2.24, 2.45) is 0 Å². The molecule has 1 aromatic carbocycles. The Morgan fingerprint density at radius 2 is 2.15 bits per heavy atom. The van der Waals surface area contributed by atoms with Gasteiger partial charge in [-0.2, -0.15) is 13.5 Å². The number of hydrogen-bond donors (Lipinski definition) is 2. The van der Waals surface area contributed by atoms with Crippen molar-refractivity contribution in [3.05, 3.63) is 29.3 Å². The van der Waals surface area contributed by atoms with Crippen molar-refractivity contribution in [1.29, 1.82) is 0 Å². The molecule has 0 spiro atoms. The predicted molar refractivity (Wildman–Crippen MR) is 77.3 cm³/mol. The fraction of sp³-hybridized carbons (Fsp3) is 0.385. The highest BCUT2D eigenvalue weighted by molar-refractivity contribution is 7.59. The summed E-state index contributed by atoms with van der Waals surface area (Å²) in [6.07, 6.45) is 0. The van der Waals surface area contributed by atoms with Crippen molar-refractivity contribution in [2.45, 2.75) is 26.4 Å². The number of ether oxygens (including phenoxy) is 1. The summed E-state index contributed by atoms with van der Waals surface area (Å²) in [6, 6.07) is 4.85. The molecule has 0 saturated carbocycles. The van der Waals surface area contributed by atoms with E-state index in [2.05, 4.69) is 0 Å². The highest BCUT2D eigenvalue weighted by atomic mass is 32.1. The number of nitrogens with one attached hydrogen (secondary N) is 1. The average Bonchev–Trinajstić information content (AvgIpc) is 2.57. The van der Waals surface area contributed by atoms with E-state index >= 15 is 0 Å². The van der Waals surface area contributed by atoms with Gasteiger partial charge in [0.15, 0.2) is 0 Å². The van der Waals surface area contributed by atoms with Crippen LogP contribution in [0, 0.1) is 0 Å². The van der Waals surface area contributed by atoms with Crippen LogP contribution in [0.2, 0.25) is 0 Å². The van der Waals surface area contributed by atoms with Crippen LogP contribution in [0.4, 0.5) is 0 Å². The topological polar surface area (TPSA) is 78.9 Å². The summed E-state index contributed by atoms with van der Waals surface area (Å²) in [5.41, 5.74) is 2.73. The number of nitrogens with zero attached hydrogens (tertiary/aromatic N) is 1. The number of amides is 2. The van der Waals surface area contributed by atoms with Crippen LogP contribution < -0.4 is 10.2 Å². The van der Waals surface area contributed by atoms with E-state index in [1.54, 1.807) is 28.6 Å². The lowest BCUT2D eigenvalue weighted by Crippen LogP contribution is -2.38. The first kappa shape index (κ1) is 16.3. The third kappa shape index (κ3) is 3.23. The van der Waals surface area contributed by atoms with Crippen molar-refractivity contribution in [1.82, 2.24) is 10.4 Å². The molecule has 110 valence electrons. The van der Waals surface area contributed by atoms with Crippen LogP contribution >= 0.6 is 13.5 Å². The Kier molecular flexibility index (Phi) is 5.41. The SMILES string of the molecule is CC(=O)N1Cc2ccc(C(=O)NO)cc2OC[C@@H]1C.S. The number of carbonyl (C=O) groups is 2. The number of benzene rings is 1. The lowest BCUT2D eigenvalue weighted by atomic mass is 10.1. The van der Waals surface area contributed by atoms with Gasteiger partial charge in [0.1, 0.15) is 12.4 Å². The first-order valence-corrected chi connectivity index (χ1v) is 6.00. The van der Waals surface area contributed by atoms with Gasteiger partial charge >= 0.3 is 0 Å². The number of fused-ring (bicyclic) bond motifs is 1. The molecular weight excluding hydrogens is 280 g/mol. The minimum atomic E-state index is -0.591. The van der Waals surface area contributed by atoms with E-state index in [1.165, 1.54) is 6.92 Å². The fourth-order valence-electron chi connectivity index (χ4n) is 2.09. The molecule has 1 aromatic rings. The Balaban J connectivity index is 0.00000200. The van der Waals surface area contributed by atoms with Crippen LogP contribution in [-0.2, 0) is 11.3 Å². The Hall–Kier alpha value is -1.73. The first-order chi connectivity index (χ1) is 9.02. The maximum absolute atomic E-state index is 11.6. The summed E-state index contributed by atoms with van der Waals surface area (Å²) in [5, 5.41) is 8.61. The number of hydroxylamine groups is 1. The summed E-state index contributed by atoms with van der Waals surface area (Å²) in [6.45, 7) is 4.26. The van der Waals surface area contributed by atoms with Gasteiger partial charge in [-0.15, -0.1) is 0 Å². The fourth-order valence-corrected chi connectivity index (χ4v) is 2.09. The number of hydrogen-bond acceptors (Lipinski definition) is 4. The van der Waals surface area contributed by atoms with Crippen molar-refractivity contribution in [3.8, 4) is 5.75 Å². The van der Waals surface area contributed by atoms with E-state index in [-0.39, 0.29) is 25.4 Å². The van der Waals surface area contributed by atoms with Crippen molar-refractivity contribution in [2.75, 3.05) is 6.61 Å². The molecule has 0 aromatic heterocycles. The lowest BCUT2D eigenvalue weighted by molar-refractivity contribution is -0.131. The molecule has 0 saturated heterocycles. The molecule has 0 radical (unpaired) electrons. The molecular formula is C13H18N2O4S. The Morgan fingerprint density at radius 3 is 2.75 bits per heavy atom. The maximum Gasteiger partial charge on any atom is 0.274 e. The molecule has 2 rings (SSSR count). The summed E-state index contributed by atoms with van der Waals surface area (Å²) in [5.74, 6) is -0.0371. The zero-order valence-corrected chi connectivity index (χ0v) is 12.3. The van der Waals surface area contributed by atoms with Gasteiger partial charge < -0.3 is 9.64 Å². The Morgan fingerprint density at radius 1 is 1.45 bits per heavy atom. The molecule has 0 unspecified atom stereocenters. The van der Waals surface area contributed by atoms with Crippen LogP contribution in [0.15, 0.2) is 18.2 Å². The van der Waals surface area contributed by atoms with E-state index in [0.29, 0.717) is 24.5 Å². The quantitative estimate of drug-likeness (QED) is 0.600. The van der Waals surface area contributed by atoms with Crippen LogP contribution in [0.3, 0.4) is 0 Å². The smallest absolute Gasteiger partial charge is 0.274 e. The van der Waals surface area contributed by atoms with E-state index < -0.39 is 5.91 Å². The van der Waals surface area contributed by atoms with Crippen LogP contribution in [0.1, 0.15) is 29.8 Å². The minimum Gasteiger partial charge on any atom is -0.491 e. The van der Waals surface area contributed by atoms with Gasteiger partial charge in [-0.05, 0) is 19.1 Å². The standard InChI is InChI=1S/C13H16N2O4.H2S/c1-8-7-19-12-5-10(13(17)14-18)3-4-11(12)6-15(8)9(2)16;/h3-5,8,18H,6-7H2,1-2H3,(H,14,17);1H2/t8-;/m0./s1. The molecule has 1 heterocycles. The van der Waals surface area contributed by atoms with Crippen molar-refractivity contribution < 1.29 is 19.5 Å². The third-order valence-corrected chi connectivity index (χ3v) is 3.19. The third-order valence-electron chi connectivity index (χ3n) is 3.19. The molecule has 6 nitrogen and oxygen atoms in total. The van der Waals surface area contributed by atoms with Crippen molar-refractivity contribution >= 4 is 25.3 Å². The molecule has 2 N–H and O–H groups in total. The second-order valence-corrected chi connectivity index (χ2v) is 4.57. The second-order valence-electron chi connectivity index (χ2n) is 4.57. The van der Waals surface area contributed by atoms with Crippen LogP contribution in [0.25, 0.3) is 0 Å². The van der Waals surface area contributed by atoms with Gasteiger partial charge in [0.05, 0.1) is 6.04 Å². The Labute approximate surface area is 124 Å². The van der Waals surface area contributed by atoms with Crippen molar-refractivity contribution in [3.63, 3.8) is 0 Å². The molecule has 0 aliphatic carbocycles. The van der Waals surface area contributed by atoms with Gasteiger partial charge in [0.2, 0.25) is 5.91 Å². The van der Waals surface area contributed by atoms with Crippen LogP contribution in [0.5, 0.6) is 5.75 Å². The molecule has 1 atom stereocenters. The van der Waals surface area contributed by atoms with Gasteiger partial charge in [0.25, 0.3) is 5.91 Å². The Bertz CT molecular complexity index is 521. The lowest BCUT2D eigenvalue weighted by Gasteiger charge is -2.24. The molecule has 1 aliphatic heterocycles. The average molecular weight is 298 g/mol. The predicted octanol–water partition coefficient (Wildman–Crippen LogP) is 1.05. The zero-order valence-electron chi connectivity index (χ0n) is 11.3. The molecule has 1 aliphatic rings. The molecule has 2 amide bonds. The molecule has 0 bridgehead atoms. The minimum absolute atomic E-state index is 0. The van der Waals surface area contributed by atoms with Gasteiger partial charge in [-0.3, -0.25) is 14.8 Å². The van der Waals surface area contributed by atoms with E-state index in [4.69, 9.17) is 9.94 Å². The highest BCUT2D eigenvalue weighted by Crippen LogP contribution is 2.26. The monoisotopic (exact) mass is 298 g/mol. The first-order valence-electron chi connectivity index (χ1n) is 6.00. The largest absolute Gasteiger partial charge is 0.491 e. The summed E-state index contributed by atoms with van der Waals surface area (Å²) < 4.78 is 5.62. The number of carbonyl (C=O) groups excluding carboxylic acids is 2. The number of rotatable bonds is 1. The van der Waals surface area contributed by atoms with E-state index in [1.807, 2.05) is 6.92 Å². The second kappa shape index (κ2) is 6.62. The summed E-state index contributed by atoms with van der Waals surface area (Å²) in [4.78, 5) is 24.6. The summed E-state index contributed by atoms with van der Waals surface area (Å²) >= 11 is 0. The molecule has 20 heavy (non-hydrogen) atoms. The normalized spacial score (nSPS) is 17.1. The summed E-state index contributed by atoms with van der Waals surface area (Å²) in [7, 11) is 0. The maximum atomic E-state index is 11.6. The molecule has 0 fully saturated rings. The van der Waals surface area contributed by atoms with Gasteiger partial charge in [-0.25, -0.2) is 5.48 Å². The highest BCUT2D eigenvalue weighted by Gasteiger charge is 2.23. The van der Waals surface area contributed by atoms with Gasteiger partial charge in [0, 0.05) is 24.6 Å². The van der Waals surface area contributed by atoms with E-state index in [0.717, 1.165) is 5.56 Å². The van der Waals surface area contributed by atoms with E-state index in [9.17, 15) is 9.59 Å². The van der Waals surface area contributed by atoms with Gasteiger partial charge in [-0.1, -0.05) is 6.07 Å². The molecule has 7 heteroatoms. The zero-order chi connectivity index (χ0) is 14.0.